The van der Waals surface area contributed by atoms with Gasteiger partial charge < -0.3 is 0 Å². The molecular formula is C10H17N. The molecule has 1 saturated carbocycles. The molecule has 0 amide bonds. The first kappa shape index (κ1) is 8.51. The lowest BCUT2D eigenvalue weighted by atomic mass is 9.98. The second-order valence-electron chi connectivity index (χ2n) is 3.54. The summed E-state index contributed by atoms with van der Waals surface area (Å²) < 4.78 is 0. The molecule has 11 heavy (non-hydrogen) atoms. The molecule has 2 atom stereocenters. The van der Waals surface area contributed by atoms with Gasteiger partial charge in [-0.3, -0.25) is 4.99 Å². The highest BCUT2D eigenvalue weighted by Crippen LogP contribution is 2.55. The number of nitrogens with zero attached hydrogens (tertiary/aromatic N) is 1. The van der Waals surface area contributed by atoms with Gasteiger partial charge in [-0.2, -0.15) is 0 Å². The van der Waals surface area contributed by atoms with E-state index >= 15 is 0 Å². The highest BCUT2D eigenvalue weighted by Gasteiger charge is 2.51. The largest absolute Gasteiger partial charge is 0.293 e. The molecule has 0 bridgehead atoms. The van der Waals surface area contributed by atoms with Gasteiger partial charge in [0.15, 0.2) is 0 Å². The van der Waals surface area contributed by atoms with Crippen molar-refractivity contribution in [1.82, 2.24) is 0 Å². The van der Waals surface area contributed by atoms with E-state index in [1.165, 1.54) is 18.6 Å². The van der Waals surface area contributed by atoms with Gasteiger partial charge in [0.1, 0.15) is 0 Å². The van der Waals surface area contributed by atoms with Crippen molar-refractivity contribution in [1.29, 1.82) is 0 Å². The van der Waals surface area contributed by atoms with E-state index in [1.807, 2.05) is 13.1 Å². The fourth-order valence-corrected chi connectivity index (χ4v) is 1.94. The first-order chi connectivity index (χ1) is 5.19. The van der Waals surface area contributed by atoms with Crippen molar-refractivity contribution in [2.45, 2.75) is 26.7 Å². The van der Waals surface area contributed by atoms with Crippen LogP contribution in [0.3, 0.4) is 0 Å². The van der Waals surface area contributed by atoms with Crippen LogP contribution in [0.15, 0.2) is 17.6 Å². The number of rotatable bonds is 3. The minimum atomic E-state index is 0.366. The molecule has 1 aliphatic rings. The summed E-state index contributed by atoms with van der Waals surface area (Å²) in [4.78, 5) is 4.24. The summed E-state index contributed by atoms with van der Waals surface area (Å²) in [5.74, 6) is 0.846. The van der Waals surface area contributed by atoms with Crippen LogP contribution in [-0.4, -0.2) is 12.8 Å². The quantitative estimate of drug-likeness (QED) is 0.550. The van der Waals surface area contributed by atoms with Crippen molar-refractivity contribution in [2.75, 3.05) is 7.05 Å². The Hall–Kier alpha value is -0.590. The molecule has 0 aromatic rings. The summed E-state index contributed by atoms with van der Waals surface area (Å²) in [6, 6.07) is 0. The van der Waals surface area contributed by atoms with Crippen LogP contribution in [0.1, 0.15) is 26.7 Å². The Balaban J connectivity index is 2.69. The molecule has 0 aromatic heterocycles. The normalized spacial score (nSPS) is 37.0. The first-order valence-corrected chi connectivity index (χ1v) is 4.28. The summed E-state index contributed by atoms with van der Waals surface area (Å²) in [6.45, 7) is 8.30. The number of allylic oxidation sites excluding steroid dienone is 1. The lowest BCUT2D eigenvalue weighted by molar-refractivity contribution is 0.646. The van der Waals surface area contributed by atoms with Crippen LogP contribution in [0.25, 0.3) is 0 Å². The molecule has 0 aromatic carbocycles. The third kappa shape index (κ3) is 1.24. The molecule has 0 radical (unpaired) electrons. The van der Waals surface area contributed by atoms with Gasteiger partial charge in [0.25, 0.3) is 0 Å². The molecule has 0 N–H and O–H groups in total. The molecule has 1 aliphatic carbocycles. The number of hydrogen-bond acceptors (Lipinski definition) is 1. The van der Waals surface area contributed by atoms with E-state index in [4.69, 9.17) is 0 Å². The highest BCUT2D eigenvalue weighted by molar-refractivity contribution is 6.01. The van der Waals surface area contributed by atoms with E-state index in [0.717, 1.165) is 5.92 Å². The van der Waals surface area contributed by atoms with Gasteiger partial charge in [0, 0.05) is 18.2 Å². The molecule has 0 saturated heterocycles. The molecule has 2 unspecified atom stereocenters. The molecule has 1 heteroatoms. The highest BCUT2D eigenvalue weighted by atomic mass is 14.7. The van der Waals surface area contributed by atoms with Crippen LogP contribution in [0.2, 0.25) is 0 Å². The smallest absolute Gasteiger partial charge is 0.0400 e. The SMILES string of the molecule is C=C/C(=N/C)C1(C)CC1CC. The maximum absolute atomic E-state index is 4.24. The topological polar surface area (TPSA) is 12.4 Å². The zero-order valence-corrected chi connectivity index (χ0v) is 7.72. The van der Waals surface area contributed by atoms with Crippen LogP contribution in [0, 0.1) is 11.3 Å². The molecule has 1 rings (SSSR count). The second kappa shape index (κ2) is 2.80. The van der Waals surface area contributed by atoms with Gasteiger partial charge in [-0.1, -0.05) is 26.8 Å². The van der Waals surface area contributed by atoms with Gasteiger partial charge >= 0.3 is 0 Å². The van der Waals surface area contributed by atoms with E-state index < -0.39 is 0 Å². The zero-order valence-electron chi connectivity index (χ0n) is 7.72. The molecular weight excluding hydrogens is 134 g/mol. The van der Waals surface area contributed by atoms with Crippen LogP contribution in [0.4, 0.5) is 0 Å². The van der Waals surface area contributed by atoms with Crippen molar-refractivity contribution in [2.24, 2.45) is 16.3 Å². The monoisotopic (exact) mass is 151 g/mol. The Kier molecular flexibility index (Phi) is 2.17. The van der Waals surface area contributed by atoms with E-state index in [-0.39, 0.29) is 0 Å². The Morgan fingerprint density at radius 3 is 2.73 bits per heavy atom. The minimum Gasteiger partial charge on any atom is -0.293 e. The molecule has 0 aliphatic heterocycles. The van der Waals surface area contributed by atoms with Crippen molar-refractivity contribution >= 4 is 5.71 Å². The lowest BCUT2D eigenvalue weighted by Crippen LogP contribution is -2.11. The average Bonchev–Trinajstić information content (AvgIpc) is 2.65. The Morgan fingerprint density at radius 1 is 1.82 bits per heavy atom. The fourth-order valence-electron chi connectivity index (χ4n) is 1.94. The predicted octanol–water partition coefficient (Wildman–Crippen LogP) is 2.68. The second-order valence-corrected chi connectivity index (χ2v) is 3.54. The average molecular weight is 151 g/mol. The molecule has 1 nitrogen and oxygen atoms in total. The molecule has 0 heterocycles. The van der Waals surface area contributed by atoms with E-state index in [2.05, 4.69) is 25.4 Å². The Labute approximate surface area is 69.2 Å². The number of hydrogen-bond donors (Lipinski definition) is 0. The van der Waals surface area contributed by atoms with Crippen LogP contribution in [0.5, 0.6) is 0 Å². The van der Waals surface area contributed by atoms with Gasteiger partial charge in [-0.05, 0) is 18.4 Å². The van der Waals surface area contributed by atoms with Gasteiger partial charge in [0.05, 0.1) is 0 Å². The predicted molar refractivity (Wildman–Crippen MR) is 50.1 cm³/mol. The molecule has 0 spiro atoms. The van der Waals surface area contributed by atoms with Crippen LogP contribution >= 0.6 is 0 Å². The summed E-state index contributed by atoms with van der Waals surface area (Å²) in [5, 5.41) is 0. The summed E-state index contributed by atoms with van der Waals surface area (Å²) >= 11 is 0. The van der Waals surface area contributed by atoms with Gasteiger partial charge in [-0.25, -0.2) is 0 Å². The summed E-state index contributed by atoms with van der Waals surface area (Å²) in [6.07, 6.45) is 4.46. The van der Waals surface area contributed by atoms with Gasteiger partial charge in [-0.15, -0.1) is 0 Å². The Bertz CT molecular complexity index is 193. The maximum Gasteiger partial charge on any atom is 0.0400 e. The molecule has 1 fully saturated rings. The number of aliphatic imine (C=N–C) groups is 1. The van der Waals surface area contributed by atoms with E-state index in [0.29, 0.717) is 5.41 Å². The molecule has 62 valence electrons. The first-order valence-electron chi connectivity index (χ1n) is 4.28. The lowest BCUT2D eigenvalue weighted by Gasteiger charge is -2.09. The van der Waals surface area contributed by atoms with Crippen LogP contribution in [-0.2, 0) is 0 Å². The third-order valence-corrected chi connectivity index (χ3v) is 2.92. The fraction of sp³-hybridized carbons (Fsp3) is 0.700. The van der Waals surface area contributed by atoms with Crippen molar-refractivity contribution < 1.29 is 0 Å². The van der Waals surface area contributed by atoms with Crippen molar-refractivity contribution in [3.63, 3.8) is 0 Å². The van der Waals surface area contributed by atoms with Crippen molar-refractivity contribution in [3.8, 4) is 0 Å². The maximum atomic E-state index is 4.24. The summed E-state index contributed by atoms with van der Waals surface area (Å²) in [5.41, 5.74) is 1.55. The Morgan fingerprint density at radius 2 is 2.45 bits per heavy atom. The third-order valence-electron chi connectivity index (χ3n) is 2.92. The minimum absolute atomic E-state index is 0.366. The summed E-state index contributed by atoms with van der Waals surface area (Å²) in [7, 11) is 1.85. The van der Waals surface area contributed by atoms with Crippen LogP contribution < -0.4 is 0 Å². The standard InChI is InChI=1S/C10H17N/c1-5-8-7-10(8,3)9(6-2)11-4/h6,8H,2,5,7H2,1,3-4H3/b11-9-. The van der Waals surface area contributed by atoms with Gasteiger partial charge in [0.2, 0.25) is 0 Å². The van der Waals surface area contributed by atoms with E-state index in [9.17, 15) is 0 Å². The van der Waals surface area contributed by atoms with E-state index in [1.54, 1.807) is 0 Å². The zero-order chi connectivity index (χ0) is 8.48. The van der Waals surface area contributed by atoms with Crippen molar-refractivity contribution in [3.05, 3.63) is 12.7 Å².